The highest BCUT2D eigenvalue weighted by atomic mass is 79.9. The number of thioether (sulfide) groups is 1. The molecule has 0 atom stereocenters. The Balaban J connectivity index is 1.67. The number of aryl methyl sites for hydroxylation is 1. The largest absolute Gasteiger partial charge is 0.323 e. The summed E-state index contributed by atoms with van der Waals surface area (Å²) >= 11 is 4.93. The first-order valence-corrected chi connectivity index (χ1v) is 12.1. The summed E-state index contributed by atoms with van der Waals surface area (Å²) in [5, 5.41) is 3.52. The SMILES string of the molecule is N/N=C\c1ccc(CCSc2ccccc2NS(=O)(=O)c2cccc(Br)c2)cc1. The molecule has 0 heterocycles. The van der Waals surface area contributed by atoms with Crippen LogP contribution in [0.15, 0.2) is 92.2 Å². The molecule has 3 aromatic carbocycles. The lowest BCUT2D eigenvalue weighted by Crippen LogP contribution is -2.13. The number of benzene rings is 3. The van der Waals surface area contributed by atoms with Gasteiger partial charge in [-0.15, -0.1) is 11.8 Å². The van der Waals surface area contributed by atoms with E-state index in [1.807, 2.05) is 42.5 Å². The maximum atomic E-state index is 12.7. The van der Waals surface area contributed by atoms with E-state index in [-0.39, 0.29) is 4.90 Å². The van der Waals surface area contributed by atoms with E-state index in [9.17, 15) is 8.42 Å². The van der Waals surface area contributed by atoms with Crippen LogP contribution < -0.4 is 10.6 Å². The molecule has 3 aromatic rings. The Morgan fingerprint density at radius 1 is 1.03 bits per heavy atom. The predicted molar refractivity (Wildman–Crippen MR) is 124 cm³/mol. The topological polar surface area (TPSA) is 84.5 Å². The molecule has 3 N–H and O–H groups in total. The molecule has 5 nitrogen and oxygen atoms in total. The Hall–Kier alpha value is -2.29. The number of hydrogen-bond donors (Lipinski definition) is 2. The Bertz CT molecular complexity index is 1100. The maximum absolute atomic E-state index is 12.7. The highest BCUT2D eigenvalue weighted by molar-refractivity contribution is 9.10. The first kappa shape index (κ1) is 21.4. The summed E-state index contributed by atoms with van der Waals surface area (Å²) in [6, 6.07) is 22.1. The number of anilines is 1. The van der Waals surface area contributed by atoms with Crippen LogP contribution in [0.3, 0.4) is 0 Å². The van der Waals surface area contributed by atoms with Crippen LogP contribution in [0.25, 0.3) is 0 Å². The smallest absolute Gasteiger partial charge is 0.261 e. The van der Waals surface area contributed by atoms with Crippen LogP contribution in [0.2, 0.25) is 0 Å². The Morgan fingerprint density at radius 2 is 1.79 bits per heavy atom. The van der Waals surface area contributed by atoms with Gasteiger partial charge in [-0.1, -0.05) is 58.4 Å². The van der Waals surface area contributed by atoms with Gasteiger partial charge in [0.15, 0.2) is 0 Å². The molecule has 0 aliphatic carbocycles. The molecule has 0 saturated carbocycles. The van der Waals surface area contributed by atoms with Gasteiger partial charge in [0.05, 0.1) is 16.8 Å². The van der Waals surface area contributed by atoms with Gasteiger partial charge in [-0.25, -0.2) is 8.42 Å². The van der Waals surface area contributed by atoms with Crippen molar-refractivity contribution in [3.63, 3.8) is 0 Å². The molecule has 3 rings (SSSR count). The average molecular weight is 490 g/mol. The zero-order valence-electron chi connectivity index (χ0n) is 15.5. The molecule has 0 amide bonds. The van der Waals surface area contributed by atoms with Gasteiger partial charge in [0.25, 0.3) is 10.0 Å². The highest BCUT2D eigenvalue weighted by Crippen LogP contribution is 2.30. The van der Waals surface area contributed by atoms with Crippen LogP contribution >= 0.6 is 27.7 Å². The van der Waals surface area contributed by atoms with E-state index >= 15 is 0 Å². The van der Waals surface area contributed by atoms with Crippen molar-refractivity contribution < 1.29 is 8.42 Å². The van der Waals surface area contributed by atoms with Crippen LogP contribution in [-0.4, -0.2) is 20.4 Å². The second-order valence-corrected chi connectivity index (χ2v) is 9.91. The third-order valence-electron chi connectivity index (χ3n) is 4.09. The minimum Gasteiger partial charge on any atom is -0.323 e. The van der Waals surface area contributed by atoms with Gasteiger partial charge >= 0.3 is 0 Å². The van der Waals surface area contributed by atoms with E-state index in [2.05, 4.69) is 25.8 Å². The second kappa shape index (κ2) is 9.96. The summed E-state index contributed by atoms with van der Waals surface area (Å²) in [6.45, 7) is 0. The number of para-hydroxylation sites is 1. The summed E-state index contributed by atoms with van der Waals surface area (Å²) in [5.74, 6) is 5.98. The first-order chi connectivity index (χ1) is 14.0. The number of sulfonamides is 1. The van der Waals surface area contributed by atoms with E-state index < -0.39 is 10.0 Å². The third kappa shape index (κ3) is 6.09. The summed E-state index contributed by atoms with van der Waals surface area (Å²) in [4.78, 5) is 1.10. The number of rotatable bonds is 8. The zero-order valence-corrected chi connectivity index (χ0v) is 18.7. The van der Waals surface area contributed by atoms with Crippen molar-refractivity contribution in [3.8, 4) is 0 Å². The number of hydrogen-bond acceptors (Lipinski definition) is 5. The molecule has 0 unspecified atom stereocenters. The van der Waals surface area contributed by atoms with Crippen molar-refractivity contribution in [1.82, 2.24) is 0 Å². The normalized spacial score (nSPS) is 11.6. The fourth-order valence-electron chi connectivity index (χ4n) is 2.65. The van der Waals surface area contributed by atoms with Crippen molar-refractivity contribution >= 4 is 49.6 Å². The van der Waals surface area contributed by atoms with Crippen molar-refractivity contribution in [3.05, 3.63) is 88.4 Å². The molecule has 0 bridgehead atoms. The quantitative estimate of drug-likeness (QED) is 0.204. The van der Waals surface area contributed by atoms with Crippen LogP contribution in [0.4, 0.5) is 5.69 Å². The van der Waals surface area contributed by atoms with Gasteiger partial charge in [0, 0.05) is 15.1 Å². The van der Waals surface area contributed by atoms with E-state index in [4.69, 9.17) is 5.84 Å². The number of nitrogens with one attached hydrogen (secondary N) is 1. The number of hydrazone groups is 1. The van der Waals surface area contributed by atoms with Crippen molar-refractivity contribution in [2.75, 3.05) is 10.5 Å². The first-order valence-electron chi connectivity index (χ1n) is 8.80. The van der Waals surface area contributed by atoms with Crippen LogP contribution in [0.1, 0.15) is 11.1 Å². The van der Waals surface area contributed by atoms with Crippen molar-refractivity contribution in [2.24, 2.45) is 10.9 Å². The summed E-state index contributed by atoms with van der Waals surface area (Å²) in [6.07, 6.45) is 2.46. The fraction of sp³-hybridized carbons (Fsp3) is 0.0952. The molecule has 8 heteroatoms. The molecule has 0 aliphatic rings. The summed E-state index contributed by atoms with van der Waals surface area (Å²) in [7, 11) is -3.66. The molecule has 0 aliphatic heterocycles. The predicted octanol–water partition coefficient (Wildman–Crippen LogP) is 4.88. The number of halogens is 1. The zero-order chi connectivity index (χ0) is 20.7. The lowest BCUT2D eigenvalue weighted by Gasteiger charge is -2.12. The van der Waals surface area contributed by atoms with Crippen molar-refractivity contribution in [2.45, 2.75) is 16.2 Å². The lowest BCUT2D eigenvalue weighted by molar-refractivity contribution is 0.601. The molecule has 150 valence electrons. The summed E-state index contributed by atoms with van der Waals surface area (Å²) < 4.78 is 28.9. The molecule has 0 saturated heterocycles. The second-order valence-electron chi connectivity index (χ2n) is 6.18. The molecular formula is C21H20BrN3O2S2. The van der Waals surface area contributed by atoms with Gasteiger partial charge in [0.2, 0.25) is 0 Å². The average Bonchev–Trinajstić information content (AvgIpc) is 2.71. The lowest BCUT2D eigenvalue weighted by atomic mass is 10.1. The van der Waals surface area contributed by atoms with Gasteiger partial charge in [-0.2, -0.15) is 5.10 Å². The van der Waals surface area contributed by atoms with Gasteiger partial charge in [-0.05, 0) is 47.9 Å². The van der Waals surface area contributed by atoms with E-state index in [0.717, 1.165) is 22.6 Å². The fourth-order valence-corrected chi connectivity index (χ4v) is 5.40. The highest BCUT2D eigenvalue weighted by Gasteiger charge is 2.16. The Kier molecular flexibility index (Phi) is 7.35. The molecule has 0 spiro atoms. The van der Waals surface area contributed by atoms with Gasteiger partial charge < -0.3 is 5.84 Å². The minimum absolute atomic E-state index is 0.216. The number of nitrogens with two attached hydrogens (primary N) is 1. The Morgan fingerprint density at radius 3 is 2.52 bits per heavy atom. The monoisotopic (exact) mass is 489 g/mol. The van der Waals surface area contributed by atoms with Crippen LogP contribution in [0, 0.1) is 0 Å². The van der Waals surface area contributed by atoms with Crippen molar-refractivity contribution in [1.29, 1.82) is 0 Å². The van der Waals surface area contributed by atoms with Gasteiger partial charge in [0.1, 0.15) is 0 Å². The van der Waals surface area contributed by atoms with E-state index in [1.54, 1.807) is 48.3 Å². The standard InChI is InChI=1S/C21H20BrN3O2S2/c22-18-4-3-5-19(14-18)29(26,27)25-20-6-1-2-7-21(20)28-13-12-16-8-10-17(11-9-16)15-24-23/h1-11,14-15,25H,12-13,23H2/b24-15-. The molecule has 29 heavy (non-hydrogen) atoms. The molecule has 0 aromatic heterocycles. The summed E-state index contributed by atoms with van der Waals surface area (Å²) in [5.41, 5.74) is 2.72. The molecule has 0 fully saturated rings. The molecule has 0 radical (unpaired) electrons. The number of nitrogens with zero attached hydrogens (tertiary/aromatic N) is 1. The molecular weight excluding hydrogens is 470 g/mol. The van der Waals surface area contributed by atoms with Gasteiger partial charge in [-0.3, -0.25) is 4.72 Å². The van der Waals surface area contributed by atoms with E-state index in [0.29, 0.717) is 10.2 Å². The Labute approximate surface area is 183 Å². The van der Waals surface area contributed by atoms with Crippen LogP contribution in [0.5, 0.6) is 0 Å². The van der Waals surface area contributed by atoms with Crippen LogP contribution in [-0.2, 0) is 16.4 Å². The minimum atomic E-state index is -3.66. The van der Waals surface area contributed by atoms with E-state index in [1.165, 1.54) is 5.56 Å². The maximum Gasteiger partial charge on any atom is 0.261 e. The third-order valence-corrected chi connectivity index (χ3v) is 7.02.